The van der Waals surface area contributed by atoms with Crippen LogP contribution in [0.4, 0.5) is 0 Å². The van der Waals surface area contributed by atoms with E-state index in [9.17, 15) is 4.79 Å². The zero-order valence-electron chi connectivity index (χ0n) is 17.3. The molecule has 156 valence electrons. The number of ether oxygens (including phenoxy) is 2. The van der Waals surface area contributed by atoms with E-state index in [-0.39, 0.29) is 17.9 Å². The van der Waals surface area contributed by atoms with Crippen molar-refractivity contribution in [2.24, 2.45) is 5.92 Å². The Morgan fingerprint density at radius 1 is 1.07 bits per heavy atom. The molecule has 6 heteroatoms. The summed E-state index contributed by atoms with van der Waals surface area (Å²) in [6, 6.07) is 17.8. The number of pyridine rings is 1. The molecule has 1 atom stereocenters. The molecule has 0 unspecified atom stereocenters. The van der Waals surface area contributed by atoms with Gasteiger partial charge in [-0.15, -0.1) is 0 Å². The van der Waals surface area contributed by atoms with E-state index in [1.807, 2.05) is 54.6 Å². The highest BCUT2D eigenvalue weighted by Crippen LogP contribution is 2.34. The van der Waals surface area contributed by atoms with E-state index in [0.29, 0.717) is 19.0 Å². The highest BCUT2D eigenvalue weighted by Gasteiger charge is 2.21. The molecule has 0 radical (unpaired) electrons. The molecule has 1 N–H and O–H groups in total. The number of amides is 1. The van der Waals surface area contributed by atoms with Crippen LogP contribution in [-0.4, -0.2) is 29.9 Å². The normalized spacial score (nSPS) is 14.4. The standard InChI is InChI=1S/C24H26N2O3S/c1-16(2)24(18-8-10-20-21(14-18)29-13-5-12-28-20)26-22(27)15-30-23-11-9-17-6-3-4-7-19(17)25-23/h3-4,6-11,14,16,24H,5,12-13,15H2,1-2H3,(H,26,27)/t24-/m1/s1. The Balaban J connectivity index is 1.42. The van der Waals surface area contributed by atoms with Crippen molar-refractivity contribution in [1.82, 2.24) is 10.3 Å². The maximum absolute atomic E-state index is 12.7. The van der Waals surface area contributed by atoms with Crippen LogP contribution in [0.5, 0.6) is 11.5 Å². The second-order valence-corrected chi connectivity index (χ2v) is 8.67. The van der Waals surface area contributed by atoms with Crippen molar-refractivity contribution in [3.63, 3.8) is 0 Å². The number of fused-ring (bicyclic) bond motifs is 2. The van der Waals surface area contributed by atoms with Gasteiger partial charge in [0.05, 0.1) is 35.6 Å². The van der Waals surface area contributed by atoms with Crippen LogP contribution in [-0.2, 0) is 4.79 Å². The number of para-hydroxylation sites is 1. The van der Waals surface area contributed by atoms with E-state index in [2.05, 4.69) is 24.1 Å². The van der Waals surface area contributed by atoms with Crippen molar-refractivity contribution >= 4 is 28.6 Å². The van der Waals surface area contributed by atoms with Gasteiger partial charge in [-0.3, -0.25) is 4.79 Å². The minimum absolute atomic E-state index is 0.0132. The lowest BCUT2D eigenvalue weighted by atomic mass is 9.95. The molecule has 1 aliphatic rings. The number of thioether (sulfide) groups is 1. The largest absolute Gasteiger partial charge is 0.490 e. The lowest BCUT2D eigenvalue weighted by Crippen LogP contribution is -2.33. The van der Waals surface area contributed by atoms with Gasteiger partial charge in [-0.05, 0) is 35.7 Å². The van der Waals surface area contributed by atoms with Gasteiger partial charge in [0.25, 0.3) is 0 Å². The highest BCUT2D eigenvalue weighted by molar-refractivity contribution is 7.99. The van der Waals surface area contributed by atoms with Crippen molar-refractivity contribution in [3.05, 3.63) is 60.2 Å². The van der Waals surface area contributed by atoms with Crippen molar-refractivity contribution in [3.8, 4) is 11.5 Å². The van der Waals surface area contributed by atoms with Crippen molar-refractivity contribution in [2.45, 2.75) is 31.3 Å². The SMILES string of the molecule is CC(C)[C@@H](NC(=O)CSc1ccc2ccccc2n1)c1ccc2c(c1)OCCCO2. The van der Waals surface area contributed by atoms with Gasteiger partial charge in [-0.25, -0.2) is 4.98 Å². The summed E-state index contributed by atoms with van der Waals surface area (Å²) in [5.74, 6) is 2.06. The van der Waals surface area contributed by atoms with Crippen molar-refractivity contribution < 1.29 is 14.3 Å². The summed E-state index contributed by atoms with van der Waals surface area (Å²) < 4.78 is 11.5. The van der Waals surface area contributed by atoms with Crippen LogP contribution in [0, 0.1) is 5.92 Å². The Morgan fingerprint density at radius 3 is 2.70 bits per heavy atom. The molecular weight excluding hydrogens is 396 g/mol. The van der Waals surface area contributed by atoms with Crippen molar-refractivity contribution in [1.29, 1.82) is 0 Å². The topological polar surface area (TPSA) is 60.5 Å². The third-order valence-corrected chi connectivity index (χ3v) is 5.97. The minimum Gasteiger partial charge on any atom is -0.490 e. The fraction of sp³-hybridized carbons (Fsp3) is 0.333. The molecule has 0 aliphatic carbocycles. The summed E-state index contributed by atoms with van der Waals surface area (Å²) in [6.07, 6.45) is 0.869. The number of hydrogen-bond donors (Lipinski definition) is 1. The molecule has 0 saturated heterocycles. The molecule has 1 aromatic heterocycles. The zero-order chi connectivity index (χ0) is 20.9. The van der Waals surface area contributed by atoms with Crippen LogP contribution in [0.2, 0.25) is 0 Å². The van der Waals surface area contributed by atoms with Gasteiger partial charge in [-0.1, -0.05) is 55.9 Å². The number of nitrogens with zero attached hydrogens (tertiary/aromatic N) is 1. The monoisotopic (exact) mass is 422 g/mol. The molecule has 2 aromatic carbocycles. The van der Waals surface area contributed by atoms with E-state index in [1.54, 1.807) is 0 Å². The predicted octanol–water partition coefficient (Wildman–Crippen LogP) is 5.00. The van der Waals surface area contributed by atoms with Crippen LogP contribution in [0.3, 0.4) is 0 Å². The molecule has 1 amide bonds. The maximum atomic E-state index is 12.7. The fourth-order valence-electron chi connectivity index (χ4n) is 3.49. The molecular formula is C24H26N2O3S. The first-order valence-corrected chi connectivity index (χ1v) is 11.3. The molecule has 1 aliphatic heterocycles. The number of carbonyl (C=O) groups excluding carboxylic acids is 1. The number of nitrogens with one attached hydrogen (secondary N) is 1. The summed E-state index contributed by atoms with van der Waals surface area (Å²) in [4.78, 5) is 17.3. The van der Waals surface area contributed by atoms with Crippen LogP contribution < -0.4 is 14.8 Å². The average molecular weight is 423 g/mol. The average Bonchev–Trinajstić information content (AvgIpc) is 3.00. The minimum atomic E-state index is -0.0974. The highest BCUT2D eigenvalue weighted by atomic mass is 32.2. The van der Waals surface area contributed by atoms with E-state index in [4.69, 9.17) is 9.47 Å². The molecule has 30 heavy (non-hydrogen) atoms. The van der Waals surface area contributed by atoms with Crippen LogP contribution >= 0.6 is 11.8 Å². The zero-order valence-corrected chi connectivity index (χ0v) is 18.1. The van der Waals surface area contributed by atoms with Gasteiger partial charge in [0.15, 0.2) is 11.5 Å². The first kappa shape index (κ1) is 20.5. The van der Waals surface area contributed by atoms with Crippen LogP contribution in [0.1, 0.15) is 31.9 Å². The Kier molecular flexibility index (Phi) is 6.43. The quantitative estimate of drug-likeness (QED) is 0.567. The second kappa shape index (κ2) is 9.39. The van der Waals surface area contributed by atoms with Crippen LogP contribution in [0.15, 0.2) is 59.6 Å². The van der Waals surface area contributed by atoms with Gasteiger partial charge < -0.3 is 14.8 Å². The summed E-state index contributed by atoms with van der Waals surface area (Å²) in [7, 11) is 0. The third kappa shape index (κ3) is 4.87. The molecule has 0 saturated carbocycles. The van der Waals surface area contributed by atoms with E-state index >= 15 is 0 Å². The second-order valence-electron chi connectivity index (χ2n) is 7.68. The lowest BCUT2D eigenvalue weighted by Gasteiger charge is -2.24. The number of hydrogen-bond acceptors (Lipinski definition) is 5. The maximum Gasteiger partial charge on any atom is 0.230 e. The molecule has 4 rings (SSSR count). The molecule has 0 spiro atoms. The molecule has 0 fully saturated rings. The number of rotatable bonds is 6. The Morgan fingerprint density at radius 2 is 1.87 bits per heavy atom. The summed E-state index contributed by atoms with van der Waals surface area (Å²) in [5.41, 5.74) is 1.96. The number of benzene rings is 2. The Labute approximate surface area is 181 Å². The van der Waals surface area contributed by atoms with E-state index in [0.717, 1.165) is 39.4 Å². The predicted molar refractivity (Wildman–Crippen MR) is 120 cm³/mol. The van der Waals surface area contributed by atoms with Gasteiger partial charge in [0, 0.05) is 11.8 Å². The Bertz CT molecular complexity index is 1040. The molecule has 3 aromatic rings. The first-order valence-electron chi connectivity index (χ1n) is 10.3. The van der Waals surface area contributed by atoms with E-state index < -0.39 is 0 Å². The van der Waals surface area contributed by atoms with Gasteiger partial charge in [-0.2, -0.15) is 0 Å². The van der Waals surface area contributed by atoms with Gasteiger partial charge in [0.1, 0.15) is 0 Å². The molecule has 0 bridgehead atoms. The number of aromatic nitrogens is 1. The van der Waals surface area contributed by atoms with Crippen molar-refractivity contribution in [2.75, 3.05) is 19.0 Å². The van der Waals surface area contributed by atoms with E-state index in [1.165, 1.54) is 11.8 Å². The molecule has 5 nitrogen and oxygen atoms in total. The third-order valence-electron chi connectivity index (χ3n) is 5.04. The first-order chi connectivity index (χ1) is 14.6. The number of carbonyl (C=O) groups is 1. The lowest BCUT2D eigenvalue weighted by molar-refractivity contribution is -0.119. The fourth-order valence-corrected chi connectivity index (χ4v) is 4.18. The summed E-state index contributed by atoms with van der Waals surface area (Å²) >= 11 is 1.45. The summed E-state index contributed by atoms with van der Waals surface area (Å²) in [5, 5.41) is 5.12. The van der Waals surface area contributed by atoms with Gasteiger partial charge in [0.2, 0.25) is 5.91 Å². The Hall–Kier alpha value is -2.73. The van der Waals surface area contributed by atoms with Crippen LogP contribution in [0.25, 0.3) is 10.9 Å². The summed E-state index contributed by atoms with van der Waals surface area (Å²) in [6.45, 7) is 5.51. The smallest absolute Gasteiger partial charge is 0.230 e. The van der Waals surface area contributed by atoms with Gasteiger partial charge >= 0.3 is 0 Å². The molecule has 2 heterocycles.